The van der Waals surface area contributed by atoms with E-state index in [0.29, 0.717) is 5.78 Å². The van der Waals surface area contributed by atoms with E-state index in [-0.39, 0.29) is 0 Å². The highest BCUT2D eigenvalue weighted by Crippen LogP contribution is 1.91. The Kier molecular flexibility index (Phi) is 0.652. The third kappa shape index (κ3) is 0.509. The van der Waals surface area contributed by atoms with Crippen molar-refractivity contribution >= 4 is 5.78 Å². The Morgan fingerprint density at radius 3 is 3.33 bits per heavy atom. The Balaban J connectivity index is 2.92. The standard InChI is InChI=1S/C4H5N5/c1-3-6-4-7-5-2-9(4)8-3/h2H,1H3,(H,6,7,8). The zero-order valence-corrected chi connectivity index (χ0v) is 4.87. The van der Waals surface area contributed by atoms with Crippen LogP contribution >= 0.6 is 0 Å². The van der Waals surface area contributed by atoms with Gasteiger partial charge in [-0.2, -0.15) is 4.98 Å². The van der Waals surface area contributed by atoms with Crippen molar-refractivity contribution in [3.63, 3.8) is 0 Å². The lowest BCUT2D eigenvalue weighted by molar-refractivity contribution is 0.921. The predicted octanol–water partition coefficient (Wildman–Crippen LogP) is -0.239. The summed E-state index contributed by atoms with van der Waals surface area (Å²) in [6.45, 7) is 1.87. The van der Waals surface area contributed by atoms with Gasteiger partial charge in [0.1, 0.15) is 12.2 Å². The second-order valence-corrected chi connectivity index (χ2v) is 1.81. The van der Waals surface area contributed by atoms with Gasteiger partial charge in [-0.05, 0) is 6.92 Å². The Morgan fingerprint density at radius 1 is 1.67 bits per heavy atom. The second-order valence-electron chi connectivity index (χ2n) is 1.81. The first-order chi connectivity index (χ1) is 4.36. The molecule has 0 saturated carbocycles. The molecule has 5 nitrogen and oxygen atoms in total. The van der Waals surface area contributed by atoms with Crippen LogP contribution in [-0.4, -0.2) is 24.8 Å². The predicted molar refractivity (Wildman–Crippen MR) is 29.9 cm³/mol. The van der Waals surface area contributed by atoms with Crippen LogP contribution in [0.3, 0.4) is 0 Å². The summed E-state index contributed by atoms with van der Waals surface area (Å²) in [6.07, 6.45) is 1.58. The Bertz CT molecular complexity index is 290. The van der Waals surface area contributed by atoms with Crippen molar-refractivity contribution in [1.29, 1.82) is 0 Å². The van der Waals surface area contributed by atoms with Gasteiger partial charge < -0.3 is 0 Å². The van der Waals surface area contributed by atoms with Gasteiger partial charge in [0.05, 0.1) is 0 Å². The normalized spacial score (nSPS) is 10.8. The molecule has 0 aliphatic carbocycles. The number of nitrogens with one attached hydrogen (secondary N) is 1. The van der Waals surface area contributed by atoms with Gasteiger partial charge in [-0.3, -0.25) is 5.10 Å². The maximum absolute atomic E-state index is 4.01. The van der Waals surface area contributed by atoms with Crippen LogP contribution in [0, 0.1) is 6.92 Å². The Morgan fingerprint density at radius 2 is 2.56 bits per heavy atom. The molecule has 0 atom stereocenters. The lowest BCUT2D eigenvalue weighted by atomic mass is 10.8. The monoisotopic (exact) mass is 123 g/mol. The van der Waals surface area contributed by atoms with Crippen molar-refractivity contribution in [3.05, 3.63) is 12.2 Å². The molecule has 0 fully saturated rings. The largest absolute Gasteiger partial charge is 0.277 e. The summed E-state index contributed by atoms with van der Waals surface area (Å²) < 4.78 is 1.66. The number of rotatable bonds is 0. The van der Waals surface area contributed by atoms with E-state index in [0.717, 1.165) is 5.82 Å². The Labute approximate surface area is 50.7 Å². The van der Waals surface area contributed by atoms with Gasteiger partial charge >= 0.3 is 0 Å². The quantitative estimate of drug-likeness (QED) is 0.526. The highest BCUT2D eigenvalue weighted by Gasteiger charge is 1.96. The van der Waals surface area contributed by atoms with Crippen LogP contribution in [0.1, 0.15) is 5.82 Å². The lowest BCUT2D eigenvalue weighted by Crippen LogP contribution is -1.79. The summed E-state index contributed by atoms with van der Waals surface area (Å²) in [5.41, 5.74) is 0. The van der Waals surface area contributed by atoms with Gasteiger partial charge in [-0.25, -0.2) is 4.52 Å². The molecule has 9 heavy (non-hydrogen) atoms. The molecule has 0 saturated heterocycles. The average Bonchev–Trinajstić information content (AvgIpc) is 2.22. The van der Waals surface area contributed by atoms with Crippen LogP contribution in [0.25, 0.3) is 5.78 Å². The van der Waals surface area contributed by atoms with E-state index >= 15 is 0 Å². The van der Waals surface area contributed by atoms with E-state index in [4.69, 9.17) is 0 Å². The summed E-state index contributed by atoms with van der Waals surface area (Å²) >= 11 is 0. The summed E-state index contributed by atoms with van der Waals surface area (Å²) in [4.78, 5) is 4.01. The lowest BCUT2D eigenvalue weighted by Gasteiger charge is -1.74. The van der Waals surface area contributed by atoms with Gasteiger partial charge in [0.15, 0.2) is 0 Å². The molecule has 2 rings (SSSR count). The van der Waals surface area contributed by atoms with Crippen molar-refractivity contribution in [2.24, 2.45) is 0 Å². The van der Waals surface area contributed by atoms with Crippen LogP contribution in [-0.2, 0) is 0 Å². The molecule has 2 aromatic heterocycles. The van der Waals surface area contributed by atoms with Gasteiger partial charge in [-0.1, -0.05) is 0 Å². The van der Waals surface area contributed by atoms with Crippen LogP contribution in [0.5, 0.6) is 0 Å². The fourth-order valence-corrected chi connectivity index (χ4v) is 0.733. The molecule has 0 aromatic carbocycles. The fourth-order valence-electron chi connectivity index (χ4n) is 0.733. The number of hydrogen-bond acceptors (Lipinski definition) is 3. The number of fused-ring (bicyclic) bond motifs is 1. The molecule has 2 heterocycles. The van der Waals surface area contributed by atoms with Crippen molar-refractivity contribution in [2.75, 3.05) is 0 Å². The number of aromatic nitrogens is 5. The van der Waals surface area contributed by atoms with E-state index in [2.05, 4.69) is 20.3 Å². The number of aromatic amines is 1. The molecule has 0 radical (unpaired) electrons. The SMILES string of the molecule is Cc1nc2nncn2[nH]1. The highest BCUT2D eigenvalue weighted by molar-refractivity contribution is 5.22. The van der Waals surface area contributed by atoms with E-state index in [1.54, 1.807) is 10.8 Å². The molecule has 0 aliphatic heterocycles. The number of H-pyrrole nitrogens is 1. The van der Waals surface area contributed by atoms with Crippen molar-refractivity contribution < 1.29 is 0 Å². The third-order valence-corrected chi connectivity index (χ3v) is 1.08. The molecule has 1 N–H and O–H groups in total. The average molecular weight is 123 g/mol. The van der Waals surface area contributed by atoms with Crippen LogP contribution in [0.2, 0.25) is 0 Å². The molecule has 0 spiro atoms. The maximum Gasteiger partial charge on any atom is 0.271 e. The van der Waals surface area contributed by atoms with Crippen LogP contribution in [0.15, 0.2) is 6.33 Å². The number of hydrogen-bond donors (Lipinski definition) is 1. The molecule has 0 amide bonds. The highest BCUT2D eigenvalue weighted by atomic mass is 15.4. The van der Waals surface area contributed by atoms with E-state index in [9.17, 15) is 0 Å². The fraction of sp³-hybridized carbons (Fsp3) is 0.250. The molecule has 0 bridgehead atoms. The zero-order valence-electron chi connectivity index (χ0n) is 4.87. The van der Waals surface area contributed by atoms with Crippen molar-refractivity contribution in [2.45, 2.75) is 6.92 Å². The zero-order chi connectivity index (χ0) is 6.27. The number of aryl methyl sites for hydroxylation is 1. The van der Waals surface area contributed by atoms with Crippen LogP contribution in [0.4, 0.5) is 0 Å². The summed E-state index contributed by atoms with van der Waals surface area (Å²) in [5.74, 6) is 1.47. The molecular weight excluding hydrogens is 118 g/mol. The van der Waals surface area contributed by atoms with Crippen molar-refractivity contribution in [1.82, 2.24) is 24.8 Å². The summed E-state index contributed by atoms with van der Waals surface area (Å²) in [7, 11) is 0. The minimum absolute atomic E-state index is 0.618. The first-order valence-electron chi connectivity index (χ1n) is 2.58. The molecule has 5 heteroatoms. The summed E-state index contributed by atoms with van der Waals surface area (Å²) in [5, 5.41) is 10.3. The van der Waals surface area contributed by atoms with Gasteiger partial charge in [-0.15, -0.1) is 10.2 Å². The Hall–Kier alpha value is -1.39. The molecule has 0 aliphatic rings. The molecule has 2 aromatic rings. The molecular formula is C4H5N5. The summed E-state index contributed by atoms with van der Waals surface area (Å²) in [6, 6.07) is 0. The minimum atomic E-state index is 0.618. The first kappa shape index (κ1) is 4.49. The van der Waals surface area contributed by atoms with Crippen LogP contribution < -0.4 is 0 Å². The van der Waals surface area contributed by atoms with Gasteiger partial charge in [0.2, 0.25) is 0 Å². The number of nitrogens with zero attached hydrogens (tertiary/aromatic N) is 4. The van der Waals surface area contributed by atoms with E-state index in [1.165, 1.54) is 0 Å². The first-order valence-corrected chi connectivity index (χ1v) is 2.58. The smallest absolute Gasteiger partial charge is 0.271 e. The van der Waals surface area contributed by atoms with Crippen molar-refractivity contribution in [3.8, 4) is 0 Å². The third-order valence-electron chi connectivity index (χ3n) is 1.08. The minimum Gasteiger partial charge on any atom is -0.277 e. The maximum atomic E-state index is 4.01. The molecule has 46 valence electrons. The topological polar surface area (TPSA) is 58.9 Å². The van der Waals surface area contributed by atoms with E-state index < -0.39 is 0 Å². The molecule has 0 unspecified atom stereocenters. The van der Waals surface area contributed by atoms with Gasteiger partial charge in [0.25, 0.3) is 5.78 Å². The van der Waals surface area contributed by atoms with Gasteiger partial charge in [0, 0.05) is 0 Å². The van der Waals surface area contributed by atoms with E-state index in [1.807, 2.05) is 6.92 Å². The second kappa shape index (κ2) is 1.31.